The van der Waals surface area contributed by atoms with Gasteiger partial charge >= 0.3 is 0 Å². The van der Waals surface area contributed by atoms with Crippen molar-refractivity contribution in [2.75, 3.05) is 25.9 Å². The molecule has 2 aromatic carbocycles. The standard InChI is InChI=1S/C27H27FN6O/c1-15-31-24-4-3-20(13-25(24)32-15)34-27(29)22(14-30-34)26(35)19-9-17-11-21(23(28)12-18(17)10-19)16-5-7-33(2)8-6-16/h3-4,9,11-14,16H,5-8,10,29H2,1-2H3,(H,31,32). The normalized spacial score (nSPS) is 16.6. The van der Waals surface area contributed by atoms with E-state index in [9.17, 15) is 9.18 Å². The Balaban J connectivity index is 1.28. The number of H-pyrrole nitrogens is 1. The average Bonchev–Trinajstić information content (AvgIpc) is 3.53. The van der Waals surface area contributed by atoms with Crippen LogP contribution in [0.2, 0.25) is 0 Å². The number of aromatic amines is 1. The maximum Gasteiger partial charge on any atom is 0.194 e. The number of aryl methyl sites for hydroxylation is 1. The summed E-state index contributed by atoms with van der Waals surface area (Å²) in [6.45, 7) is 3.84. The Morgan fingerprint density at radius 3 is 2.80 bits per heavy atom. The molecule has 7 nitrogen and oxygen atoms in total. The zero-order valence-corrected chi connectivity index (χ0v) is 19.8. The number of imidazole rings is 1. The summed E-state index contributed by atoms with van der Waals surface area (Å²) in [6, 6.07) is 9.22. The van der Waals surface area contributed by atoms with Crippen molar-refractivity contribution in [1.29, 1.82) is 0 Å². The van der Waals surface area contributed by atoms with Gasteiger partial charge in [-0.2, -0.15) is 5.10 Å². The Hall–Kier alpha value is -3.78. The van der Waals surface area contributed by atoms with E-state index in [0.717, 1.165) is 65.2 Å². The quantitative estimate of drug-likeness (QED) is 0.431. The van der Waals surface area contributed by atoms with Crippen LogP contribution < -0.4 is 5.73 Å². The predicted molar refractivity (Wildman–Crippen MR) is 134 cm³/mol. The molecule has 0 saturated carbocycles. The van der Waals surface area contributed by atoms with Gasteiger partial charge in [0.15, 0.2) is 5.78 Å². The molecule has 0 atom stereocenters. The third-order valence-electron chi connectivity index (χ3n) is 7.30. The van der Waals surface area contributed by atoms with Crippen LogP contribution in [0.3, 0.4) is 0 Å². The fourth-order valence-corrected chi connectivity index (χ4v) is 5.33. The molecule has 0 spiro atoms. The molecule has 2 aliphatic rings. The SMILES string of the molecule is Cc1nc2ccc(-n3ncc(C(=O)C4=Cc5cc(C6CCN(C)CC6)c(F)cc5C4)c3N)cc2[nH]1. The Morgan fingerprint density at radius 1 is 1.20 bits per heavy atom. The van der Waals surface area contributed by atoms with E-state index in [2.05, 4.69) is 27.0 Å². The number of hydrogen-bond acceptors (Lipinski definition) is 5. The van der Waals surface area contributed by atoms with Gasteiger partial charge in [0.05, 0.1) is 28.5 Å². The first-order valence-corrected chi connectivity index (χ1v) is 11.9. The minimum absolute atomic E-state index is 0.169. The molecule has 0 bridgehead atoms. The molecule has 8 heteroatoms. The lowest BCUT2D eigenvalue weighted by molar-refractivity contribution is 0.103. The monoisotopic (exact) mass is 470 g/mol. The molecule has 35 heavy (non-hydrogen) atoms. The summed E-state index contributed by atoms with van der Waals surface area (Å²) in [6.07, 6.45) is 5.67. The number of fused-ring (bicyclic) bond motifs is 2. The molecule has 3 N–H and O–H groups in total. The maximum absolute atomic E-state index is 15.0. The number of anilines is 1. The van der Waals surface area contributed by atoms with Crippen LogP contribution in [0, 0.1) is 12.7 Å². The second kappa shape index (κ2) is 8.16. The molecule has 3 heterocycles. The molecule has 0 amide bonds. The van der Waals surface area contributed by atoms with Crippen molar-refractivity contribution in [1.82, 2.24) is 24.6 Å². The molecule has 1 saturated heterocycles. The van der Waals surface area contributed by atoms with Crippen molar-refractivity contribution in [3.63, 3.8) is 0 Å². The topological polar surface area (TPSA) is 92.8 Å². The molecule has 178 valence electrons. The zero-order valence-electron chi connectivity index (χ0n) is 19.8. The number of hydrogen-bond donors (Lipinski definition) is 2. The highest BCUT2D eigenvalue weighted by atomic mass is 19.1. The highest BCUT2D eigenvalue weighted by Gasteiger charge is 2.27. The molecular formula is C27H27FN6O. The molecular weight excluding hydrogens is 443 g/mol. The van der Waals surface area contributed by atoms with Gasteiger partial charge in [-0.3, -0.25) is 4.79 Å². The number of ketones is 1. The van der Waals surface area contributed by atoms with E-state index in [1.165, 1.54) is 6.20 Å². The van der Waals surface area contributed by atoms with Crippen LogP contribution in [-0.2, 0) is 6.42 Å². The van der Waals surface area contributed by atoms with E-state index >= 15 is 0 Å². The Kier molecular flexibility index (Phi) is 5.07. The van der Waals surface area contributed by atoms with Gasteiger partial charge in [0.25, 0.3) is 0 Å². The number of nitrogen functional groups attached to an aromatic ring is 1. The number of aromatic nitrogens is 4. The number of halogens is 1. The molecule has 1 aliphatic carbocycles. The molecule has 2 aromatic heterocycles. The highest BCUT2D eigenvalue weighted by molar-refractivity contribution is 6.15. The number of carbonyl (C=O) groups is 1. The molecule has 4 aromatic rings. The lowest BCUT2D eigenvalue weighted by Crippen LogP contribution is -2.29. The summed E-state index contributed by atoms with van der Waals surface area (Å²) in [4.78, 5) is 23.3. The van der Waals surface area contributed by atoms with Gasteiger partial charge < -0.3 is 15.6 Å². The number of rotatable bonds is 4. The van der Waals surface area contributed by atoms with Crippen molar-refractivity contribution in [3.8, 4) is 5.69 Å². The second-order valence-corrected chi connectivity index (χ2v) is 9.70. The summed E-state index contributed by atoms with van der Waals surface area (Å²) < 4.78 is 16.5. The smallest absolute Gasteiger partial charge is 0.194 e. The minimum atomic E-state index is -0.176. The van der Waals surface area contributed by atoms with Crippen molar-refractivity contribution >= 4 is 28.7 Å². The highest BCUT2D eigenvalue weighted by Crippen LogP contribution is 2.36. The van der Waals surface area contributed by atoms with Crippen LogP contribution in [-0.4, -0.2) is 50.6 Å². The molecule has 0 radical (unpaired) electrons. The summed E-state index contributed by atoms with van der Waals surface area (Å²) in [5, 5.41) is 4.38. The first kappa shape index (κ1) is 21.7. The first-order chi connectivity index (χ1) is 16.9. The Morgan fingerprint density at radius 2 is 2.00 bits per heavy atom. The van der Waals surface area contributed by atoms with Gasteiger partial charge in [-0.15, -0.1) is 0 Å². The Bertz CT molecular complexity index is 1510. The van der Waals surface area contributed by atoms with E-state index in [1.807, 2.05) is 37.3 Å². The first-order valence-electron chi connectivity index (χ1n) is 11.9. The summed E-state index contributed by atoms with van der Waals surface area (Å²) in [5.41, 5.74) is 12.3. The number of piperidine rings is 1. The van der Waals surface area contributed by atoms with E-state index in [0.29, 0.717) is 17.6 Å². The van der Waals surface area contributed by atoms with E-state index < -0.39 is 0 Å². The fourth-order valence-electron chi connectivity index (χ4n) is 5.33. The van der Waals surface area contributed by atoms with Gasteiger partial charge in [-0.25, -0.2) is 14.1 Å². The number of benzene rings is 2. The number of allylic oxidation sites excluding steroid dienone is 1. The third kappa shape index (κ3) is 3.74. The van der Waals surface area contributed by atoms with Gasteiger partial charge in [0.2, 0.25) is 0 Å². The van der Waals surface area contributed by atoms with Crippen LogP contribution in [0.4, 0.5) is 10.2 Å². The number of carbonyl (C=O) groups excluding carboxylic acids is 1. The molecule has 6 rings (SSSR count). The van der Waals surface area contributed by atoms with E-state index in [1.54, 1.807) is 10.7 Å². The largest absolute Gasteiger partial charge is 0.383 e. The van der Waals surface area contributed by atoms with Gasteiger partial charge in [0, 0.05) is 12.0 Å². The molecule has 0 unspecified atom stereocenters. The van der Waals surface area contributed by atoms with Crippen LogP contribution in [0.25, 0.3) is 22.8 Å². The average molecular weight is 471 g/mol. The number of nitrogens with zero attached hydrogens (tertiary/aromatic N) is 4. The number of likely N-dealkylation sites (tertiary alicyclic amines) is 1. The van der Waals surface area contributed by atoms with Crippen LogP contribution >= 0.6 is 0 Å². The maximum atomic E-state index is 15.0. The van der Waals surface area contributed by atoms with Crippen LogP contribution in [0.5, 0.6) is 0 Å². The lowest BCUT2D eigenvalue weighted by Gasteiger charge is -2.29. The number of nitrogens with one attached hydrogen (secondary N) is 1. The van der Waals surface area contributed by atoms with Crippen molar-refractivity contribution in [2.24, 2.45) is 0 Å². The van der Waals surface area contributed by atoms with Crippen molar-refractivity contribution < 1.29 is 9.18 Å². The van der Waals surface area contributed by atoms with E-state index in [4.69, 9.17) is 5.73 Å². The minimum Gasteiger partial charge on any atom is -0.383 e. The van der Waals surface area contributed by atoms with Crippen molar-refractivity contribution in [2.45, 2.75) is 32.1 Å². The molecule has 1 aliphatic heterocycles. The predicted octanol–water partition coefficient (Wildman–Crippen LogP) is 4.41. The fraction of sp³-hybridized carbons (Fsp3) is 0.296. The number of Topliss-reactive ketones (excluding diaryl/α,β-unsaturated/α-hetero) is 1. The lowest BCUT2D eigenvalue weighted by atomic mass is 9.87. The summed E-state index contributed by atoms with van der Waals surface area (Å²) in [7, 11) is 2.10. The van der Waals surface area contributed by atoms with Crippen LogP contribution in [0.15, 0.2) is 42.1 Å². The van der Waals surface area contributed by atoms with Crippen LogP contribution in [0.1, 0.15) is 51.6 Å². The van der Waals surface area contributed by atoms with Gasteiger partial charge in [-0.05, 0) is 98.9 Å². The zero-order chi connectivity index (χ0) is 24.3. The van der Waals surface area contributed by atoms with Gasteiger partial charge in [0.1, 0.15) is 17.5 Å². The molecule has 1 fully saturated rings. The third-order valence-corrected chi connectivity index (χ3v) is 7.30. The summed E-state index contributed by atoms with van der Waals surface area (Å²) >= 11 is 0. The summed E-state index contributed by atoms with van der Waals surface area (Å²) in [5.74, 6) is 0.974. The number of nitrogens with two attached hydrogens (primary N) is 1. The van der Waals surface area contributed by atoms with Crippen molar-refractivity contribution in [3.05, 3.63) is 76.0 Å². The Labute approximate surface area is 202 Å². The van der Waals surface area contributed by atoms with Gasteiger partial charge in [-0.1, -0.05) is 0 Å². The second-order valence-electron chi connectivity index (χ2n) is 9.70. The van der Waals surface area contributed by atoms with E-state index in [-0.39, 0.29) is 23.3 Å².